The van der Waals surface area contributed by atoms with E-state index in [1.54, 1.807) is 7.11 Å². The molecule has 2 unspecified atom stereocenters. The van der Waals surface area contributed by atoms with Crippen LogP contribution in [-0.2, 0) is 9.47 Å². The summed E-state index contributed by atoms with van der Waals surface area (Å²) in [5.74, 6) is 0. The molecule has 0 N–H and O–H groups in total. The van der Waals surface area contributed by atoms with E-state index in [0.29, 0.717) is 0 Å². The molecular weight excluding hydrogens is 200 g/mol. The first-order valence-electron chi connectivity index (χ1n) is 5.94. The van der Waals surface area contributed by atoms with Crippen LogP contribution in [0.25, 0.3) is 0 Å². The lowest BCUT2D eigenvalue weighted by molar-refractivity contribution is -0.210. The predicted octanol–water partition coefficient (Wildman–Crippen LogP) is 4.01. The Kier molecular flexibility index (Phi) is 5.71. The molecule has 0 aliphatic carbocycles. The van der Waals surface area contributed by atoms with Crippen molar-refractivity contribution in [1.82, 2.24) is 0 Å². The van der Waals surface area contributed by atoms with Crippen LogP contribution in [0.4, 0.5) is 0 Å². The number of methoxy groups -OCH3 is 1. The van der Waals surface area contributed by atoms with Crippen LogP contribution >= 0.6 is 0 Å². The van der Waals surface area contributed by atoms with Crippen LogP contribution < -0.4 is 0 Å². The molecule has 0 radical (unpaired) electrons. The zero-order valence-corrected chi connectivity index (χ0v) is 12.1. The van der Waals surface area contributed by atoms with Crippen molar-refractivity contribution in [2.45, 2.75) is 60.9 Å². The van der Waals surface area contributed by atoms with Crippen molar-refractivity contribution in [3.8, 4) is 0 Å². The molecule has 2 heteroatoms. The third-order valence-electron chi connectivity index (χ3n) is 2.41. The van der Waals surface area contributed by atoms with Crippen LogP contribution in [0.1, 0.15) is 48.5 Å². The second-order valence-electron chi connectivity index (χ2n) is 6.38. The van der Waals surface area contributed by atoms with Crippen molar-refractivity contribution in [3.63, 3.8) is 0 Å². The molecule has 0 aromatic heterocycles. The Bertz CT molecular complexity index is 218. The second-order valence-corrected chi connectivity index (χ2v) is 6.38. The highest BCUT2D eigenvalue weighted by molar-refractivity contribution is 4.94. The fourth-order valence-electron chi connectivity index (χ4n) is 1.46. The average Bonchev–Trinajstić information content (AvgIpc) is 2.07. The lowest BCUT2D eigenvalue weighted by Crippen LogP contribution is -2.39. The summed E-state index contributed by atoms with van der Waals surface area (Å²) in [6, 6.07) is 0. The molecule has 0 saturated heterocycles. The third-order valence-corrected chi connectivity index (χ3v) is 2.41. The smallest absolute Gasteiger partial charge is 0.162 e. The molecule has 0 saturated carbocycles. The molecule has 0 bridgehead atoms. The molecule has 0 amide bonds. The Hall–Kier alpha value is -0.340. The van der Waals surface area contributed by atoms with E-state index in [9.17, 15) is 0 Å². The molecule has 0 fully saturated rings. The molecular formula is C14H28O2. The first-order valence-corrected chi connectivity index (χ1v) is 5.94. The van der Waals surface area contributed by atoms with E-state index < -0.39 is 0 Å². The van der Waals surface area contributed by atoms with Gasteiger partial charge in [0.05, 0.1) is 6.10 Å². The molecule has 96 valence electrons. The summed E-state index contributed by atoms with van der Waals surface area (Å²) >= 11 is 0. The van der Waals surface area contributed by atoms with Gasteiger partial charge in [0.15, 0.2) is 6.29 Å². The van der Waals surface area contributed by atoms with Gasteiger partial charge in [0.25, 0.3) is 0 Å². The standard InChI is InChI=1S/C14H28O2/c1-9-10-11(13(2,3)4)16-12(15-8)14(5,6)7/h9-12H,1-8H3/b10-9+. The lowest BCUT2D eigenvalue weighted by atomic mass is 9.88. The van der Waals surface area contributed by atoms with Crippen molar-refractivity contribution >= 4 is 0 Å². The van der Waals surface area contributed by atoms with Crippen LogP contribution in [0.5, 0.6) is 0 Å². The van der Waals surface area contributed by atoms with Gasteiger partial charge in [-0.2, -0.15) is 0 Å². The fraction of sp³-hybridized carbons (Fsp3) is 0.857. The van der Waals surface area contributed by atoms with Gasteiger partial charge in [0.1, 0.15) is 0 Å². The monoisotopic (exact) mass is 228 g/mol. The van der Waals surface area contributed by atoms with Crippen molar-refractivity contribution in [2.75, 3.05) is 7.11 Å². The van der Waals surface area contributed by atoms with E-state index in [-0.39, 0.29) is 23.2 Å². The molecule has 16 heavy (non-hydrogen) atoms. The van der Waals surface area contributed by atoms with E-state index in [4.69, 9.17) is 9.47 Å². The summed E-state index contributed by atoms with van der Waals surface area (Å²) in [7, 11) is 1.70. The maximum absolute atomic E-state index is 6.06. The number of allylic oxidation sites excluding steroid dienone is 1. The number of hydrogen-bond donors (Lipinski definition) is 0. The summed E-state index contributed by atoms with van der Waals surface area (Å²) in [5, 5.41) is 0. The highest BCUT2D eigenvalue weighted by Crippen LogP contribution is 2.30. The Balaban J connectivity index is 4.74. The number of hydrogen-bond acceptors (Lipinski definition) is 2. The summed E-state index contributed by atoms with van der Waals surface area (Å²) in [6.07, 6.45) is 4.01. The topological polar surface area (TPSA) is 18.5 Å². The van der Waals surface area contributed by atoms with E-state index in [1.807, 2.05) is 13.0 Å². The molecule has 0 aliphatic rings. The normalized spacial score (nSPS) is 17.8. The van der Waals surface area contributed by atoms with Gasteiger partial charge in [0.2, 0.25) is 0 Å². The Morgan fingerprint density at radius 1 is 0.938 bits per heavy atom. The number of rotatable bonds is 4. The fourth-order valence-corrected chi connectivity index (χ4v) is 1.46. The molecule has 0 heterocycles. The molecule has 0 aromatic rings. The van der Waals surface area contributed by atoms with Crippen molar-refractivity contribution < 1.29 is 9.47 Å². The lowest BCUT2D eigenvalue weighted by Gasteiger charge is -2.36. The van der Waals surface area contributed by atoms with Crippen LogP contribution in [-0.4, -0.2) is 19.5 Å². The van der Waals surface area contributed by atoms with Gasteiger partial charge in [-0.1, -0.05) is 53.7 Å². The van der Waals surface area contributed by atoms with Gasteiger partial charge in [-0.3, -0.25) is 0 Å². The van der Waals surface area contributed by atoms with E-state index in [0.717, 1.165) is 0 Å². The van der Waals surface area contributed by atoms with Crippen molar-refractivity contribution in [2.24, 2.45) is 10.8 Å². The van der Waals surface area contributed by atoms with Crippen LogP contribution in [0.3, 0.4) is 0 Å². The molecule has 0 aromatic carbocycles. The minimum atomic E-state index is -0.187. The summed E-state index contributed by atoms with van der Waals surface area (Å²) in [5.41, 5.74) is 0.0639. The van der Waals surface area contributed by atoms with Crippen LogP contribution in [0.2, 0.25) is 0 Å². The maximum atomic E-state index is 6.06. The molecule has 0 aliphatic heterocycles. The predicted molar refractivity (Wildman–Crippen MR) is 69.4 cm³/mol. The molecule has 2 nitrogen and oxygen atoms in total. The minimum absolute atomic E-state index is 0.0141. The third kappa shape index (κ3) is 5.13. The van der Waals surface area contributed by atoms with Crippen LogP contribution in [0.15, 0.2) is 12.2 Å². The van der Waals surface area contributed by atoms with Gasteiger partial charge in [-0.05, 0) is 12.3 Å². The number of ether oxygens (including phenoxy) is 2. The first kappa shape index (κ1) is 15.7. The Labute approximate surface area is 101 Å². The molecule has 0 spiro atoms. The average molecular weight is 228 g/mol. The second kappa shape index (κ2) is 5.83. The maximum Gasteiger partial charge on any atom is 0.162 e. The summed E-state index contributed by atoms with van der Waals surface area (Å²) in [4.78, 5) is 0. The zero-order chi connectivity index (χ0) is 13.0. The van der Waals surface area contributed by atoms with Gasteiger partial charge < -0.3 is 9.47 Å². The summed E-state index contributed by atoms with van der Waals surface area (Å²) < 4.78 is 11.5. The minimum Gasteiger partial charge on any atom is -0.355 e. The first-order chi connectivity index (χ1) is 7.12. The molecule has 0 rings (SSSR count). The van der Waals surface area contributed by atoms with E-state index >= 15 is 0 Å². The Morgan fingerprint density at radius 3 is 1.69 bits per heavy atom. The van der Waals surface area contributed by atoms with Gasteiger partial charge in [-0.15, -0.1) is 0 Å². The van der Waals surface area contributed by atoms with Crippen molar-refractivity contribution in [3.05, 3.63) is 12.2 Å². The quantitative estimate of drug-likeness (QED) is 0.534. The molecule has 2 atom stereocenters. The Morgan fingerprint density at radius 2 is 1.44 bits per heavy atom. The van der Waals surface area contributed by atoms with Crippen LogP contribution in [0, 0.1) is 10.8 Å². The highest BCUT2D eigenvalue weighted by atomic mass is 16.7. The van der Waals surface area contributed by atoms with Gasteiger partial charge in [-0.25, -0.2) is 0 Å². The highest BCUT2D eigenvalue weighted by Gasteiger charge is 2.32. The largest absolute Gasteiger partial charge is 0.355 e. The zero-order valence-electron chi connectivity index (χ0n) is 12.1. The van der Waals surface area contributed by atoms with Gasteiger partial charge in [0, 0.05) is 12.5 Å². The van der Waals surface area contributed by atoms with E-state index in [2.05, 4.69) is 47.6 Å². The SMILES string of the molecule is C/C=C/C(OC(OC)C(C)(C)C)C(C)(C)C. The van der Waals surface area contributed by atoms with Gasteiger partial charge >= 0.3 is 0 Å². The summed E-state index contributed by atoms with van der Waals surface area (Å²) in [6.45, 7) is 14.9. The van der Waals surface area contributed by atoms with Crippen molar-refractivity contribution in [1.29, 1.82) is 0 Å². The van der Waals surface area contributed by atoms with E-state index in [1.165, 1.54) is 0 Å².